The zero-order valence-electron chi connectivity index (χ0n) is 13.3. The van der Waals surface area contributed by atoms with Crippen molar-refractivity contribution in [2.45, 2.75) is 13.2 Å². The number of esters is 1. The summed E-state index contributed by atoms with van der Waals surface area (Å²) in [5.41, 5.74) is -0.538. The van der Waals surface area contributed by atoms with Crippen LogP contribution in [0.3, 0.4) is 0 Å². The number of carbonyl (C=O) groups is 1. The van der Waals surface area contributed by atoms with Gasteiger partial charge in [0.25, 0.3) is 5.69 Å². The third-order valence-corrected chi connectivity index (χ3v) is 3.56. The van der Waals surface area contributed by atoms with E-state index in [2.05, 4.69) is 4.74 Å². The fraction of sp³-hybridized carbons (Fsp3) is 0.188. The summed E-state index contributed by atoms with van der Waals surface area (Å²) in [5.74, 6) is -1.47. The molecule has 2 aromatic carbocycles. The molecular weight excluding hydrogens is 376 g/mol. The van der Waals surface area contributed by atoms with Crippen molar-refractivity contribution in [3.8, 4) is 11.5 Å². The highest BCUT2D eigenvalue weighted by atomic mass is 35.5. The van der Waals surface area contributed by atoms with E-state index in [0.717, 1.165) is 12.1 Å². The van der Waals surface area contributed by atoms with Crippen molar-refractivity contribution in [2.24, 2.45) is 0 Å². The van der Waals surface area contributed by atoms with Crippen LogP contribution in [0.5, 0.6) is 11.5 Å². The molecule has 0 aromatic heterocycles. The Morgan fingerprint density at radius 2 is 1.96 bits per heavy atom. The molecule has 0 spiro atoms. The molecule has 0 aliphatic carbocycles. The van der Waals surface area contributed by atoms with E-state index in [4.69, 9.17) is 21.1 Å². The fourth-order valence-electron chi connectivity index (χ4n) is 2.07. The molecule has 0 aliphatic heterocycles. The van der Waals surface area contributed by atoms with Gasteiger partial charge in [0.15, 0.2) is 11.5 Å². The van der Waals surface area contributed by atoms with Crippen LogP contribution in [-0.2, 0) is 11.3 Å². The summed E-state index contributed by atoms with van der Waals surface area (Å²) in [5, 5.41) is 11.3. The number of nitrogens with zero attached hydrogens (tertiary/aromatic N) is 1. The van der Waals surface area contributed by atoms with Gasteiger partial charge in [-0.3, -0.25) is 10.1 Å². The molecule has 0 amide bonds. The average Bonchev–Trinajstić information content (AvgIpc) is 2.59. The molecule has 2 aromatic rings. The summed E-state index contributed by atoms with van der Waals surface area (Å²) in [4.78, 5) is 22.4. The lowest BCUT2D eigenvalue weighted by molar-refractivity contribution is -0.386. The van der Waals surface area contributed by atoms with Crippen molar-refractivity contribution in [1.29, 1.82) is 0 Å². The Morgan fingerprint density at radius 3 is 2.54 bits per heavy atom. The van der Waals surface area contributed by atoms with Crippen LogP contribution in [0.15, 0.2) is 36.4 Å². The molecule has 0 fully saturated rings. The van der Waals surface area contributed by atoms with Crippen molar-refractivity contribution in [3.63, 3.8) is 0 Å². The Kier molecular flexibility index (Phi) is 6.29. The van der Waals surface area contributed by atoms with Crippen LogP contribution in [0.1, 0.15) is 15.9 Å². The number of alkyl halides is 2. The van der Waals surface area contributed by atoms with Gasteiger partial charge in [-0.25, -0.2) is 4.79 Å². The van der Waals surface area contributed by atoms with Gasteiger partial charge < -0.3 is 14.2 Å². The molecule has 0 unspecified atom stereocenters. The molecule has 26 heavy (non-hydrogen) atoms. The Bertz CT molecular complexity index is 830. The second-order valence-corrected chi connectivity index (χ2v) is 5.23. The monoisotopic (exact) mass is 387 g/mol. The summed E-state index contributed by atoms with van der Waals surface area (Å²) < 4.78 is 39.0. The van der Waals surface area contributed by atoms with Gasteiger partial charge in [0, 0.05) is 0 Å². The molecule has 0 saturated carbocycles. The minimum Gasteiger partial charge on any atom is -0.493 e. The molecule has 2 rings (SSSR count). The van der Waals surface area contributed by atoms with Crippen molar-refractivity contribution in [3.05, 3.63) is 62.7 Å². The Morgan fingerprint density at radius 1 is 1.27 bits per heavy atom. The van der Waals surface area contributed by atoms with E-state index >= 15 is 0 Å². The number of hydrogen-bond acceptors (Lipinski definition) is 6. The predicted octanol–water partition coefficient (Wildman–Crippen LogP) is 4.22. The number of rotatable bonds is 7. The second kappa shape index (κ2) is 8.43. The molecule has 10 heteroatoms. The first-order valence-corrected chi connectivity index (χ1v) is 7.43. The minimum absolute atomic E-state index is 0.0612. The summed E-state index contributed by atoms with van der Waals surface area (Å²) >= 11 is 5.88. The SMILES string of the molecule is COc1cc(COC(=O)c2ccccc2Cl)c([N+](=O)[O-])cc1OC(F)F. The number of methoxy groups -OCH3 is 1. The van der Waals surface area contributed by atoms with Gasteiger partial charge in [-0.15, -0.1) is 0 Å². The number of benzene rings is 2. The Balaban J connectivity index is 2.29. The molecule has 0 atom stereocenters. The zero-order valence-corrected chi connectivity index (χ0v) is 14.0. The van der Waals surface area contributed by atoms with Crippen molar-refractivity contribution in [1.82, 2.24) is 0 Å². The van der Waals surface area contributed by atoms with E-state index in [1.54, 1.807) is 12.1 Å². The largest absolute Gasteiger partial charge is 0.493 e. The number of carbonyl (C=O) groups excluding carboxylic acids is 1. The van der Waals surface area contributed by atoms with E-state index in [-0.39, 0.29) is 21.9 Å². The maximum atomic E-state index is 12.4. The fourth-order valence-corrected chi connectivity index (χ4v) is 2.29. The lowest BCUT2D eigenvalue weighted by atomic mass is 10.1. The number of halogens is 3. The van der Waals surface area contributed by atoms with Crippen LogP contribution in [-0.4, -0.2) is 24.6 Å². The quantitative estimate of drug-likeness (QED) is 0.401. The first kappa shape index (κ1) is 19.4. The molecule has 0 aliphatic rings. The van der Waals surface area contributed by atoms with Gasteiger partial charge in [-0.2, -0.15) is 8.78 Å². The number of nitro benzene ring substituents is 1. The molecule has 0 radical (unpaired) electrons. The first-order chi connectivity index (χ1) is 12.3. The highest BCUT2D eigenvalue weighted by molar-refractivity contribution is 6.33. The molecule has 0 N–H and O–H groups in total. The van der Waals surface area contributed by atoms with Crippen molar-refractivity contribution < 1.29 is 32.7 Å². The Labute approximate surface area is 151 Å². The van der Waals surface area contributed by atoms with Crippen LogP contribution in [0.25, 0.3) is 0 Å². The van der Waals surface area contributed by atoms with Gasteiger partial charge >= 0.3 is 12.6 Å². The van der Waals surface area contributed by atoms with E-state index in [1.807, 2.05) is 0 Å². The van der Waals surface area contributed by atoms with Crippen LogP contribution in [0, 0.1) is 10.1 Å². The van der Waals surface area contributed by atoms with Crippen LogP contribution >= 0.6 is 11.6 Å². The van der Waals surface area contributed by atoms with E-state index in [1.165, 1.54) is 19.2 Å². The van der Waals surface area contributed by atoms with Gasteiger partial charge in [-0.1, -0.05) is 23.7 Å². The smallest absolute Gasteiger partial charge is 0.387 e. The third-order valence-electron chi connectivity index (χ3n) is 3.23. The minimum atomic E-state index is -3.19. The molecular formula is C16H12ClF2NO6. The highest BCUT2D eigenvalue weighted by Crippen LogP contribution is 2.36. The lowest BCUT2D eigenvalue weighted by Gasteiger charge is -2.12. The van der Waals surface area contributed by atoms with Gasteiger partial charge in [0.1, 0.15) is 6.61 Å². The maximum absolute atomic E-state index is 12.4. The Hall–Kier alpha value is -2.94. The van der Waals surface area contributed by atoms with Crippen LogP contribution in [0.4, 0.5) is 14.5 Å². The van der Waals surface area contributed by atoms with E-state index < -0.39 is 35.5 Å². The first-order valence-electron chi connectivity index (χ1n) is 7.05. The molecule has 0 heterocycles. The summed E-state index contributed by atoms with van der Waals surface area (Å²) in [7, 11) is 1.18. The predicted molar refractivity (Wildman–Crippen MR) is 86.9 cm³/mol. The normalized spacial score (nSPS) is 10.5. The zero-order chi connectivity index (χ0) is 19.3. The molecule has 138 valence electrons. The summed E-state index contributed by atoms with van der Waals surface area (Å²) in [6, 6.07) is 7.99. The van der Waals surface area contributed by atoms with Crippen molar-refractivity contribution >= 4 is 23.3 Å². The average molecular weight is 388 g/mol. The third kappa shape index (κ3) is 4.57. The van der Waals surface area contributed by atoms with Crippen molar-refractivity contribution in [2.75, 3.05) is 7.11 Å². The maximum Gasteiger partial charge on any atom is 0.387 e. The molecule has 0 bridgehead atoms. The van der Waals surface area contributed by atoms with E-state index in [0.29, 0.717) is 0 Å². The number of nitro groups is 1. The molecule has 7 nitrogen and oxygen atoms in total. The lowest BCUT2D eigenvalue weighted by Crippen LogP contribution is -2.09. The molecule has 0 saturated heterocycles. The standard InChI is InChI=1S/C16H12ClF2NO6/c1-24-13-6-9(12(20(22)23)7-14(13)26-16(18)19)8-25-15(21)10-4-2-3-5-11(10)17/h2-7,16H,8H2,1H3. The van der Waals surface area contributed by atoms with Gasteiger partial charge in [0.05, 0.1) is 34.2 Å². The second-order valence-electron chi connectivity index (χ2n) is 4.82. The van der Waals surface area contributed by atoms with Gasteiger partial charge in [0.2, 0.25) is 0 Å². The summed E-state index contributed by atoms with van der Waals surface area (Å²) in [6.45, 7) is -3.68. The highest BCUT2D eigenvalue weighted by Gasteiger charge is 2.23. The summed E-state index contributed by atoms with van der Waals surface area (Å²) in [6.07, 6.45) is 0. The van der Waals surface area contributed by atoms with Crippen LogP contribution in [0.2, 0.25) is 5.02 Å². The van der Waals surface area contributed by atoms with Gasteiger partial charge in [-0.05, 0) is 18.2 Å². The number of hydrogen-bond donors (Lipinski definition) is 0. The van der Waals surface area contributed by atoms with Crippen LogP contribution < -0.4 is 9.47 Å². The topological polar surface area (TPSA) is 87.9 Å². The van der Waals surface area contributed by atoms with E-state index in [9.17, 15) is 23.7 Å². The number of ether oxygens (including phenoxy) is 3.